The van der Waals surface area contributed by atoms with E-state index >= 15 is 0 Å². The second-order valence-corrected chi connectivity index (χ2v) is 4.41. The Morgan fingerprint density at radius 2 is 1.95 bits per heavy atom. The van der Waals surface area contributed by atoms with Gasteiger partial charge in [-0.05, 0) is 36.4 Å². The predicted octanol–water partition coefficient (Wildman–Crippen LogP) is 3.61. The number of nitrogens with zero attached hydrogens (tertiary/aromatic N) is 1. The summed E-state index contributed by atoms with van der Waals surface area (Å²) >= 11 is 5.72. The molecule has 0 unspecified atom stereocenters. The minimum Gasteiger partial charge on any atom is -0.485 e. The standard InChI is InChI=1S/C15H9ClFNO2/c16-12-4-1-10(2-5-12)15(19)9-20-13-6-3-11(8-18)14(17)7-13/h1-7H,9H2. The maximum absolute atomic E-state index is 13.3. The van der Waals surface area contributed by atoms with E-state index in [0.717, 1.165) is 6.07 Å². The summed E-state index contributed by atoms with van der Waals surface area (Å²) < 4.78 is 18.5. The van der Waals surface area contributed by atoms with E-state index in [0.29, 0.717) is 10.6 Å². The first kappa shape index (κ1) is 14.0. The lowest BCUT2D eigenvalue weighted by Crippen LogP contribution is -2.11. The van der Waals surface area contributed by atoms with Crippen molar-refractivity contribution in [2.75, 3.05) is 6.61 Å². The Morgan fingerprint density at radius 1 is 1.25 bits per heavy atom. The molecule has 0 N–H and O–H groups in total. The maximum atomic E-state index is 13.3. The molecule has 0 aliphatic rings. The van der Waals surface area contributed by atoms with E-state index in [1.54, 1.807) is 30.3 Å². The van der Waals surface area contributed by atoms with E-state index in [1.807, 2.05) is 0 Å². The first-order valence-corrected chi connectivity index (χ1v) is 6.09. The molecule has 0 bridgehead atoms. The topological polar surface area (TPSA) is 50.1 Å². The fourth-order valence-corrected chi connectivity index (χ4v) is 1.67. The Kier molecular flexibility index (Phi) is 4.34. The van der Waals surface area contributed by atoms with E-state index < -0.39 is 5.82 Å². The van der Waals surface area contributed by atoms with Gasteiger partial charge in [-0.1, -0.05) is 11.6 Å². The highest BCUT2D eigenvalue weighted by Gasteiger charge is 2.08. The van der Waals surface area contributed by atoms with Gasteiger partial charge in [0.05, 0.1) is 5.56 Å². The number of ketones is 1. The smallest absolute Gasteiger partial charge is 0.200 e. The van der Waals surface area contributed by atoms with Crippen LogP contribution in [0, 0.1) is 17.1 Å². The SMILES string of the molecule is N#Cc1ccc(OCC(=O)c2ccc(Cl)cc2)cc1F. The Bertz CT molecular complexity index is 677. The number of rotatable bonds is 4. The van der Waals surface area contributed by atoms with Crippen LogP contribution in [0.4, 0.5) is 4.39 Å². The fourth-order valence-electron chi connectivity index (χ4n) is 1.54. The maximum Gasteiger partial charge on any atom is 0.200 e. The van der Waals surface area contributed by atoms with Gasteiger partial charge in [-0.2, -0.15) is 5.26 Å². The van der Waals surface area contributed by atoms with Crippen LogP contribution in [0.3, 0.4) is 0 Å². The molecule has 2 rings (SSSR count). The van der Waals surface area contributed by atoms with Crippen LogP contribution in [0.2, 0.25) is 5.02 Å². The van der Waals surface area contributed by atoms with Crippen molar-refractivity contribution in [1.82, 2.24) is 0 Å². The van der Waals surface area contributed by atoms with Crippen LogP contribution in [0.25, 0.3) is 0 Å². The van der Waals surface area contributed by atoms with Gasteiger partial charge in [-0.25, -0.2) is 4.39 Å². The summed E-state index contributed by atoms with van der Waals surface area (Å²) in [5.41, 5.74) is 0.393. The number of benzene rings is 2. The van der Waals surface area contributed by atoms with Crippen LogP contribution in [0.15, 0.2) is 42.5 Å². The van der Waals surface area contributed by atoms with Gasteiger partial charge in [-0.3, -0.25) is 4.79 Å². The normalized spacial score (nSPS) is 9.85. The third-order valence-corrected chi connectivity index (χ3v) is 2.85. The van der Waals surface area contributed by atoms with E-state index in [1.165, 1.54) is 12.1 Å². The van der Waals surface area contributed by atoms with Gasteiger partial charge in [-0.15, -0.1) is 0 Å². The summed E-state index contributed by atoms with van der Waals surface area (Å²) in [6.07, 6.45) is 0. The molecule has 0 saturated heterocycles. The molecule has 100 valence electrons. The van der Waals surface area contributed by atoms with Crippen LogP contribution in [-0.2, 0) is 0 Å². The Hall–Kier alpha value is -2.38. The van der Waals surface area contributed by atoms with Crippen molar-refractivity contribution in [3.8, 4) is 11.8 Å². The summed E-state index contributed by atoms with van der Waals surface area (Å²) in [6, 6.07) is 11.9. The Labute approximate surface area is 120 Å². The molecule has 0 amide bonds. The van der Waals surface area contributed by atoms with Crippen molar-refractivity contribution in [2.24, 2.45) is 0 Å². The quantitative estimate of drug-likeness (QED) is 0.808. The number of hydrogen-bond acceptors (Lipinski definition) is 3. The average molecular weight is 290 g/mol. The van der Waals surface area contributed by atoms with Gasteiger partial charge in [0.2, 0.25) is 0 Å². The van der Waals surface area contributed by atoms with Crippen molar-refractivity contribution < 1.29 is 13.9 Å². The molecule has 3 nitrogen and oxygen atoms in total. The number of Topliss-reactive ketones (excluding diaryl/α,β-unsaturated/α-hetero) is 1. The number of ether oxygens (including phenoxy) is 1. The van der Waals surface area contributed by atoms with Crippen molar-refractivity contribution in [3.63, 3.8) is 0 Å². The predicted molar refractivity (Wildman–Crippen MR) is 72.4 cm³/mol. The molecule has 20 heavy (non-hydrogen) atoms. The molecule has 0 aliphatic heterocycles. The molecular formula is C15H9ClFNO2. The van der Waals surface area contributed by atoms with Gasteiger partial charge >= 0.3 is 0 Å². The summed E-state index contributed by atoms with van der Waals surface area (Å²) in [4.78, 5) is 11.8. The summed E-state index contributed by atoms with van der Waals surface area (Å²) in [6.45, 7) is -0.215. The lowest BCUT2D eigenvalue weighted by atomic mass is 10.1. The van der Waals surface area contributed by atoms with Crippen LogP contribution >= 0.6 is 11.6 Å². The first-order chi connectivity index (χ1) is 9.60. The van der Waals surface area contributed by atoms with Crippen LogP contribution < -0.4 is 4.74 Å². The number of hydrogen-bond donors (Lipinski definition) is 0. The van der Waals surface area contributed by atoms with Crippen LogP contribution in [0.5, 0.6) is 5.75 Å². The molecule has 0 heterocycles. The van der Waals surface area contributed by atoms with Crippen LogP contribution in [-0.4, -0.2) is 12.4 Å². The van der Waals surface area contributed by atoms with E-state index in [4.69, 9.17) is 21.6 Å². The lowest BCUT2D eigenvalue weighted by molar-refractivity contribution is 0.0921. The minimum absolute atomic E-state index is 0.0682. The van der Waals surface area contributed by atoms with E-state index in [2.05, 4.69) is 0 Å². The second-order valence-electron chi connectivity index (χ2n) is 3.97. The molecule has 0 aromatic heterocycles. The van der Waals surface area contributed by atoms with Crippen LogP contribution in [0.1, 0.15) is 15.9 Å². The number of nitriles is 1. The fraction of sp³-hybridized carbons (Fsp3) is 0.0667. The number of halogens is 2. The lowest BCUT2D eigenvalue weighted by Gasteiger charge is -2.06. The first-order valence-electron chi connectivity index (χ1n) is 5.71. The van der Waals surface area contributed by atoms with Crippen molar-refractivity contribution in [3.05, 3.63) is 64.4 Å². The molecule has 0 atom stereocenters. The largest absolute Gasteiger partial charge is 0.485 e. The van der Waals surface area contributed by atoms with Gasteiger partial charge in [0.1, 0.15) is 17.6 Å². The van der Waals surface area contributed by atoms with Gasteiger partial charge in [0.25, 0.3) is 0 Å². The zero-order valence-electron chi connectivity index (χ0n) is 10.3. The van der Waals surface area contributed by atoms with E-state index in [9.17, 15) is 9.18 Å². The third kappa shape index (κ3) is 3.34. The van der Waals surface area contributed by atoms with Crippen molar-refractivity contribution in [1.29, 1.82) is 5.26 Å². The molecule has 2 aromatic rings. The molecule has 0 aliphatic carbocycles. The molecule has 0 saturated carbocycles. The Balaban J connectivity index is 2.02. The summed E-state index contributed by atoms with van der Waals surface area (Å²) in [7, 11) is 0. The average Bonchev–Trinajstić information content (AvgIpc) is 2.45. The van der Waals surface area contributed by atoms with Gasteiger partial charge in [0, 0.05) is 16.7 Å². The number of carbonyl (C=O) groups is 1. The molecule has 0 radical (unpaired) electrons. The van der Waals surface area contributed by atoms with E-state index in [-0.39, 0.29) is 23.7 Å². The highest BCUT2D eigenvalue weighted by Crippen LogP contribution is 2.16. The number of carbonyl (C=O) groups excluding carboxylic acids is 1. The monoisotopic (exact) mass is 289 g/mol. The highest BCUT2D eigenvalue weighted by molar-refractivity contribution is 6.30. The molecule has 0 fully saturated rings. The van der Waals surface area contributed by atoms with Crippen molar-refractivity contribution in [2.45, 2.75) is 0 Å². The molecule has 0 spiro atoms. The molecular weight excluding hydrogens is 281 g/mol. The highest BCUT2D eigenvalue weighted by atomic mass is 35.5. The zero-order valence-corrected chi connectivity index (χ0v) is 11.0. The Morgan fingerprint density at radius 3 is 2.55 bits per heavy atom. The van der Waals surface area contributed by atoms with Gasteiger partial charge in [0.15, 0.2) is 12.4 Å². The second kappa shape index (κ2) is 6.18. The summed E-state index contributed by atoms with van der Waals surface area (Å²) in [5, 5.41) is 9.14. The van der Waals surface area contributed by atoms with Crippen molar-refractivity contribution >= 4 is 17.4 Å². The molecule has 2 aromatic carbocycles. The molecule has 5 heteroatoms. The third-order valence-electron chi connectivity index (χ3n) is 2.60. The summed E-state index contributed by atoms with van der Waals surface area (Å²) in [5.74, 6) is -0.723. The zero-order chi connectivity index (χ0) is 14.5. The minimum atomic E-state index is -0.677. The van der Waals surface area contributed by atoms with Gasteiger partial charge < -0.3 is 4.74 Å².